The number of hydrogen-bond acceptors (Lipinski definition) is 7. The third kappa shape index (κ3) is 3.59. The SMILES string of the molecule is c1ccc(-n2cnc3c(NC4CC4)nc(-c4ccc(N5CCOCC5)nc4)nc32)cc1. The van der Waals surface area contributed by atoms with Crippen LogP contribution in [0.1, 0.15) is 12.8 Å². The van der Waals surface area contributed by atoms with Gasteiger partial charge in [-0.1, -0.05) is 18.2 Å². The number of aromatic nitrogens is 5. The van der Waals surface area contributed by atoms with Gasteiger partial charge in [-0.2, -0.15) is 0 Å². The maximum Gasteiger partial charge on any atom is 0.170 e. The molecule has 0 bridgehead atoms. The molecule has 3 aromatic heterocycles. The zero-order valence-corrected chi connectivity index (χ0v) is 17.1. The first-order chi connectivity index (χ1) is 15.3. The van der Waals surface area contributed by atoms with Gasteiger partial charge < -0.3 is 15.0 Å². The molecule has 1 saturated carbocycles. The molecule has 0 radical (unpaired) electrons. The normalized spacial score (nSPS) is 16.6. The van der Waals surface area contributed by atoms with Gasteiger partial charge in [-0.25, -0.2) is 19.9 Å². The van der Waals surface area contributed by atoms with Crippen molar-refractivity contribution in [3.05, 3.63) is 55.0 Å². The number of anilines is 2. The maximum atomic E-state index is 5.44. The Kier molecular flexibility index (Phi) is 4.49. The monoisotopic (exact) mass is 413 g/mol. The van der Waals surface area contributed by atoms with Crippen molar-refractivity contribution < 1.29 is 4.74 Å². The summed E-state index contributed by atoms with van der Waals surface area (Å²) >= 11 is 0. The van der Waals surface area contributed by atoms with Crippen LogP contribution in [-0.2, 0) is 4.74 Å². The number of ether oxygens (including phenoxy) is 1. The van der Waals surface area contributed by atoms with Crippen LogP contribution in [0.2, 0.25) is 0 Å². The standard InChI is InChI=1S/C23H23N7O/c1-2-4-18(5-3-1)30-15-25-20-22(26-17-7-8-17)27-21(28-23(20)30)16-6-9-19(24-14-16)29-10-12-31-13-11-29/h1-6,9,14-15,17H,7-8,10-13H2,(H,26,27,28). The molecule has 1 aromatic carbocycles. The van der Waals surface area contributed by atoms with Crippen LogP contribution in [-0.4, -0.2) is 56.8 Å². The summed E-state index contributed by atoms with van der Waals surface area (Å²) < 4.78 is 7.45. The highest BCUT2D eigenvalue weighted by molar-refractivity contribution is 5.86. The van der Waals surface area contributed by atoms with E-state index < -0.39 is 0 Å². The average molecular weight is 413 g/mol. The van der Waals surface area contributed by atoms with Gasteiger partial charge in [0, 0.05) is 36.6 Å². The van der Waals surface area contributed by atoms with Crippen LogP contribution in [0.5, 0.6) is 0 Å². The molecule has 156 valence electrons. The van der Waals surface area contributed by atoms with E-state index in [0.717, 1.165) is 73.2 Å². The number of imidazole rings is 1. The van der Waals surface area contributed by atoms with Crippen LogP contribution in [0.25, 0.3) is 28.2 Å². The van der Waals surface area contributed by atoms with Crippen LogP contribution in [0.4, 0.5) is 11.6 Å². The Morgan fingerprint density at radius 2 is 1.77 bits per heavy atom. The second kappa shape index (κ2) is 7.63. The summed E-state index contributed by atoms with van der Waals surface area (Å²) in [5, 5.41) is 3.53. The van der Waals surface area contributed by atoms with Crippen LogP contribution in [0, 0.1) is 0 Å². The van der Waals surface area contributed by atoms with E-state index in [9.17, 15) is 0 Å². The molecule has 0 unspecified atom stereocenters. The number of fused-ring (bicyclic) bond motifs is 1. The lowest BCUT2D eigenvalue weighted by atomic mass is 10.2. The summed E-state index contributed by atoms with van der Waals surface area (Å²) in [4.78, 5) is 21.3. The van der Waals surface area contributed by atoms with E-state index in [1.807, 2.05) is 47.4 Å². The van der Waals surface area contributed by atoms with Crippen LogP contribution < -0.4 is 10.2 Å². The Morgan fingerprint density at radius 1 is 0.935 bits per heavy atom. The lowest BCUT2D eigenvalue weighted by Crippen LogP contribution is -2.36. The molecular formula is C23H23N7O. The van der Waals surface area contributed by atoms with Gasteiger partial charge in [0.2, 0.25) is 0 Å². The first-order valence-electron chi connectivity index (χ1n) is 10.7. The minimum atomic E-state index is 0.467. The van der Waals surface area contributed by atoms with Crippen molar-refractivity contribution in [3.8, 4) is 17.1 Å². The minimum Gasteiger partial charge on any atom is -0.378 e. The molecule has 4 aromatic rings. The lowest BCUT2D eigenvalue weighted by Gasteiger charge is -2.27. The first kappa shape index (κ1) is 18.3. The summed E-state index contributed by atoms with van der Waals surface area (Å²) in [6, 6.07) is 14.7. The van der Waals surface area contributed by atoms with E-state index in [1.165, 1.54) is 0 Å². The van der Waals surface area contributed by atoms with Crippen molar-refractivity contribution in [3.63, 3.8) is 0 Å². The molecule has 6 rings (SSSR count). The summed E-state index contributed by atoms with van der Waals surface area (Å²) in [5.74, 6) is 2.39. The summed E-state index contributed by atoms with van der Waals surface area (Å²) in [7, 11) is 0. The average Bonchev–Trinajstić information content (AvgIpc) is 3.55. The zero-order chi connectivity index (χ0) is 20.6. The Labute approximate surface area is 179 Å². The van der Waals surface area contributed by atoms with Gasteiger partial charge in [-0.15, -0.1) is 0 Å². The highest BCUT2D eigenvalue weighted by Gasteiger charge is 2.24. The topological polar surface area (TPSA) is 81.0 Å². The fraction of sp³-hybridized carbons (Fsp3) is 0.304. The van der Waals surface area contributed by atoms with E-state index >= 15 is 0 Å². The second-order valence-corrected chi connectivity index (χ2v) is 7.94. The van der Waals surface area contributed by atoms with Crippen molar-refractivity contribution in [1.29, 1.82) is 0 Å². The first-order valence-corrected chi connectivity index (χ1v) is 10.7. The number of benzene rings is 1. The molecule has 0 atom stereocenters. The van der Waals surface area contributed by atoms with E-state index in [4.69, 9.17) is 14.7 Å². The molecule has 8 heteroatoms. The summed E-state index contributed by atoms with van der Waals surface area (Å²) in [6.07, 6.45) is 6.00. The van der Waals surface area contributed by atoms with Gasteiger partial charge >= 0.3 is 0 Å². The predicted molar refractivity (Wildman–Crippen MR) is 120 cm³/mol. The van der Waals surface area contributed by atoms with Crippen molar-refractivity contribution in [2.75, 3.05) is 36.5 Å². The molecule has 2 aliphatic rings. The molecule has 1 aliphatic carbocycles. The third-order valence-corrected chi connectivity index (χ3v) is 5.69. The maximum absolute atomic E-state index is 5.44. The number of rotatable bonds is 5. The molecule has 4 heterocycles. The molecule has 31 heavy (non-hydrogen) atoms. The van der Waals surface area contributed by atoms with Crippen molar-refractivity contribution >= 4 is 22.8 Å². The second-order valence-electron chi connectivity index (χ2n) is 7.94. The highest BCUT2D eigenvalue weighted by Crippen LogP contribution is 2.30. The summed E-state index contributed by atoms with van der Waals surface area (Å²) in [6.45, 7) is 3.20. The van der Waals surface area contributed by atoms with E-state index in [2.05, 4.69) is 32.3 Å². The number of nitrogens with zero attached hydrogens (tertiary/aromatic N) is 6. The number of para-hydroxylation sites is 1. The predicted octanol–water partition coefficient (Wildman–Crippen LogP) is 3.29. The Morgan fingerprint density at radius 3 is 2.52 bits per heavy atom. The number of pyridine rings is 1. The highest BCUT2D eigenvalue weighted by atomic mass is 16.5. The quantitative estimate of drug-likeness (QED) is 0.538. The Hall–Kier alpha value is -3.52. The number of hydrogen-bond donors (Lipinski definition) is 1. The molecule has 8 nitrogen and oxygen atoms in total. The number of nitrogens with one attached hydrogen (secondary N) is 1. The largest absolute Gasteiger partial charge is 0.378 e. The fourth-order valence-electron chi connectivity index (χ4n) is 3.83. The van der Waals surface area contributed by atoms with Gasteiger partial charge in [0.25, 0.3) is 0 Å². The van der Waals surface area contributed by atoms with Gasteiger partial charge in [0.1, 0.15) is 12.1 Å². The molecule has 1 N–H and O–H groups in total. The molecule has 0 amide bonds. The Balaban J connectivity index is 1.42. The van der Waals surface area contributed by atoms with Gasteiger partial charge in [0.15, 0.2) is 22.8 Å². The molecule has 2 fully saturated rings. The summed E-state index contributed by atoms with van der Waals surface area (Å²) in [5.41, 5.74) is 3.49. The lowest BCUT2D eigenvalue weighted by molar-refractivity contribution is 0.122. The van der Waals surface area contributed by atoms with Crippen molar-refractivity contribution in [2.45, 2.75) is 18.9 Å². The van der Waals surface area contributed by atoms with Gasteiger partial charge in [-0.3, -0.25) is 4.57 Å². The van der Waals surface area contributed by atoms with Crippen LogP contribution >= 0.6 is 0 Å². The zero-order valence-electron chi connectivity index (χ0n) is 17.1. The number of morpholine rings is 1. The van der Waals surface area contributed by atoms with Crippen LogP contribution in [0.15, 0.2) is 55.0 Å². The van der Waals surface area contributed by atoms with Gasteiger partial charge in [-0.05, 0) is 37.1 Å². The van der Waals surface area contributed by atoms with Crippen LogP contribution in [0.3, 0.4) is 0 Å². The smallest absolute Gasteiger partial charge is 0.170 e. The molecular weight excluding hydrogens is 390 g/mol. The van der Waals surface area contributed by atoms with E-state index in [1.54, 1.807) is 0 Å². The molecule has 1 aliphatic heterocycles. The fourth-order valence-corrected chi connectivity index (χ4v) is 3.83. The minimum absolute atomic E-state index is 0.467. The Bertz CT molecular complexity index is 1200. The van der Waals surface area contributed by atoms with Crippen molar-refractivity contribution in [2.24, 2.45) is 0 Å². The van der Waals surface area contributed by atoms with E-state index in [-0.39, 0.29) is 0 Å². The molecule has 0 spiro atoms. The van der Waals surface area contributed by atoms with Gasteiger partial charge in [0.05, 0.1) is 13.2 Å². The third-order valence-electron chi connectivity index (χ3n) is 5.69. The van der Waals surface area contributed by atoms with Crippen molar-refractivity contribution in [1.82, 2.24) is 24.5 Å². The van der Waals surface area contributed by atoms with E-state index in [0.29, 0.717) is 11.9 Å². The molecule has 1 saturated heterocycles.